The third kappa shape index (κ3) is 4.07. The lowest BCUT2D eigenvalue weighted by molar-refractivity contribution is 0.332. The zero-order chi connectivity index (χ0) is 23.0. The van der Waals surface area contributed by atoms with E-state index in [0.717, 1.165) is 5.69 Å². The summed E-state index contributed by atoms with van der Waals surface area (Å²) < 4.78 is 26.7. The number of hydrogen-bond acceptors (Lipinski definition) is 5. The van der Waals surface area contributed by atoms with Crippen LogP contribution < -0.4 is 0 Å². The van der Waals surface area contributed by atoms with Gasteiger partial charge in [0.15, 0.2) is 0 Å². The lowest BCUT2D eigenvalue weighted by Gasteiger charge is -2.27. The smallest absolute Gasteiger partial charge is 0.209 e. The molecule has 0 radical (unpaired) electrons. The summed E-state index contributed by atoms with van der Waals surface area (Å²) in [6.45, 7) is 4.13. The van der Waals surface area contributed by atoms with Crippen molar-refractivity contribution in [3.63, 3.8) is 0 Å². The predicted octanol–water partition coefficient (Wildman–Crippen LogP) is 5.49. The number of aliphatic imine (C=N–C) groups is 2. The second kappa shape index (κ2) is 9.08. The molecule has 1 aliphatic rings. The first-order chi connectivity index (χ1) is 15.3. The highest BCUT2D eigenvalue weighted by Crippen LogP contribution is 2.37. The molecule has 6 nitrogen and oxygen atoms in total. The Labute approximate surface area is 195 Å². The highest BCUT2D eigenvalue weighted by molar-refractivity contribution is 6.39. The van der Waals surface area contributed by atoms with Crippen molar-refractivity contribution in [2.45, 2.75) is 32.4 Å². The number of hydrogen-bond donors (Lipinski definition) is 0. The Kier molecular flexibility index (Phi) is 6.40. The van der Waals surface area contributed by atoms with Crippen molar-refractivity contribution >= 4 is 40.6 Å². The molecule has 0 N–H and O–H groups in total. The maximum Gasteiger partial charge on any atom is 0.209 e. The van der Waals surface area contributed by atoms with Gasteiger partial charge in [0.05, 0.1) is 24.3 Å². The molecule has 2 atom stereocenters. The first-order valence-corrected chi connectivity index (χ1v) is 10.9. The number of fused-ring (bicyclic) bond motifs is 1. The van der Waals surface area contributed by atoms with E-state index in [0.29, 0.717) is 35.0 Å². The second-order valence-corrected chi connectivity index (χ2v) is 8.67. The fourth-order valence-electron chi connectivity index (χ4n) is 3.92. The van der Waals surface area contributed by atoms with Gasteiger partial charge in [-0.05, 0) is 30.2 Å². The Bertz CT molecular complexity index is 1200. The van der Waals surface area contributed by atoms with E-state index in [9.17, 15) is 4.39 Å². The molecule has 2 aromatic heterocycles. The lowest BCUT2D eigenvalue weighted by Crippen LogP contribution is -2.38. The molecule has 0 unspecified atom stereocenters. The normalized spacial score (nSPS) is 18.6. The average molecular weight is 477 g/mol. The van der Waals surface area contributed by atoms with E-state index in [1.165, 1.54) is 12.1 Å². The van der Waals surface area contributed by atoms with E-state index in [2.05, 4.69) is 18.8 Å². The molecule has 4 rings (SSSR count). The minimum atomic E-state index is -0.491. The van der Waals surface area contributed by atoms with Gasteiger partial charge < -0.3 is 13.9 Å². The molecule has 0 bridgehead atoms. The highest BCUT2D eigenvalue weighted by Gasteiger charge is 2.31. The van der Waals surface area contributed by atoms with Gasteiger partial charge in [-0.1, -0.05) is 37.0 Å². The van der Waals surface area contributed by atoms with E-state index in [4.69, 9.17) is 42.7 Å². The van der Waals surface area contributed by atoms with Crippen LogP contribution in [-0.4, -0.2) is 47.5 Å². The van der Waals surface area contributed by atoms with Gasteiger partial charge in [-0.2, -0.15) is 0 Å². The third-order valence-electron chi connectivity index (χ3n) is 5.45. The van der Waals surface area contributed by atoms with Crippen molar-refractivity contribution < 1.29 is 13.9 Å². The van der Waals surface area contributed by atoms with Crippen molar-refractivity contribution in [1.29, 1.82) is 0 Å². The largest absolute Gasteiger partial charge is 0.483 e. The van der Waals surface area contributed by atoms with Gasteiger partial charge in [-0.25, -0.2) is 19.4 Å². The van der Waals surface area contributed by atoms with Gasteiger partial charge in [0.2, 0.25) is 11.8 Å². The van der Waals surface area contributed by atoms with E-state index in [-0.39, 0.29) is 28.0 Å². The number of imidazole rings is 1. The van der Waals surface area contributed by atoms with Gasteiger partial charge in [0.25, 0.3) is 0 Å². The summed E-state index contributed by atoms with van der Waals surface area (Å²) in [6, 6.07) is 5.80. The van der Waals surface area contributed by atoms with Crippen LogP contribution in [0, 0.1) is 11.7 Å². The average Bonchev–Trinajstić information content (AvgIpc) is 3.24. The molecule has 9 heteroatoms. The molecular weight excluding hydrogens is 454 g/mol. The van der Waals surface area contributed by atoms with Gasteiger partial charge in [-0.3, -0.25) is 0 Å². The van der Waals surface area contributed by atoms with Crippen LogP contribution in [0.4, 0.5) is 4.39 Å². The first-order valence-electron chi connectivity index (χ1n) is 10.2. The molecule has 0 aliphatic carbocycles. The Hall–Kier alpha value is -2.64. The summed E-state index contributed by atoms with van der Waals surface area (Å²) in [5.41, 5.74) is 2.83. The first kappa shape index (κ1) is 22.6. The van der Waals surface area contributed by atoms with E-state index < -0.39 is 5.82 Å². The monoisotopic (exact) mass is 476 g/mol. The fraction of sp³-hybridized carbons (Fsp3) is 0.348. The van der Waals surface area contributed by atoms with E-state index in [1.807, 2.05) is 22.7 Å². The Morgan fingerprint density at radius 3 is 2.38 bits per heavy atom. The third-order valence-corrected chi connectivity index (χ3v) is 6.05. The number of ether oxygens (including phenoxy) is 2. The number of halogens is 3. The molecule has 0 saturated heterocycles. The van der Waals surface area contributed by atoms with Gasteiger partial charge in [-0.15, -0.1) is 0 Å². The molecule has 0 fully saturated rings. The molecule has 3 aromatic rings. The summed E-state index contributed by atoms with van der Waals surface area (Å²) in [6.07, 6.45) is 4.06. The molecule has 3 heterocycles. The summed E-state index contributed by atoms with van der Waals surface area (Å²) >= 11 is 12.6. The summed E-state index contributed by atoms with van der Waals surface area (Å²) in [5, 5.41) is 0.450. The van der Waals surface area contributed by atoms with Crippen LogP contribution in [0.25, 0.3) is 16.8 Å². The van der Waals surface area contributed by atoms with Crippen molar-refractivity contribution in [3.05, 3.63) is 58.2 Å². The number of nitrogens with zero attached hydrogens (tertiary/aromatic N) is 4. The van der Waals surface area contributed by atoms with Crippen molar-refractivity contribution in [1.82, 2.24) is 9.38 Å². The predicted molar refractivity (Wildman–Crippen MR) is 126 cm³/mol. The highest BCUT2D eigenvalue weighted by atomic mass is 35.5. The molecule has 168 valence electrons. The molecule has 0 spiro atoms. The maximum absolute atomic E-state index is 13.7. The molecule has 1 aliphatic heterocycles. The maximum atomic E-state index is 13.7. The number of pyridine rings is 1. The molecular formula is C23H23Cl2FN4O2. The van der Waals surface area contributed by atoms with Gasteiger partial charge >= 0.3 is 0 Å². The van der Waals surface area contributed by atoms with Crippen LogP contribution in [-0.2, 0) is 15.9 Å². The Morgan fingerprint density at radius 1 is 1.06 bits per heavy atom. The van der Waals surface area contributed by atoms with Crippen LogP contribution in [0.1, 0.15) is 19.5 Å². The fourth-order valence-corrected chi connectivity index (χ4v) is 4.58. The van der Waals surface area contributed by atoms with E-state index in [1.54, 1.807) is 20.4 Å². The standard InChI is InChI=1S/C23H23Cl2FN4O2/c1-12(2)20-23(32-4)28-18(22(29-20)31-3)11-14-5-6-15(21-27-7-8-30(14)21)19-16(24)9-13(26)10-17(19)25/h5-10,12,18,20H,11H2,1-4H3/t18-,20+/m0/s1. The molecule has 0 amide bonds. The lowest BCUT2D eigenvalue weighted by atomic mass is 10.0. The topological polar surface area (TPSA) is 60.5 Å². The van der Waals surface area contributed by atoms with Crippen molar-refractivity contribution in [2.24, 2.45) is 15.9 Å². The second-order valence-electron chi connectivity index (χ2n) is 7.86. The molecule has 1 aromatic carbocycles. The Balaban J connectivity index is 1.75. The van der Waals surface area contributed by atoms with Gasteiger partial charge in [0.1, 0.15) is 23.5 Å². The zero-order valence-electron chi connectivity index (χ0n) is 18.1. The minimum absolute atomic E-state index is 0.176. The Morgan fingerprint density at radius 2 is 1.75 bits per heavy atom. The van der Waals surface area contributed by atoms with Gasteiger partial charge in [0, 0.05) is 35.6 Å². The number of methoxy groups -OCH3 is 2. The van der Waals surface area contributed by atoms with Crippen LogP contribution in [0.2, 0.25) is 10.0 Å². The number of aromatic nitrogens is 2. The minimum Gasteiger partial charge on any atom is -0.483 e. The van der Waals surface area contributed by atoms with E-state index >= 15 is 0 Å². The molecule has 0 saturated carbocycles. The quantitative estimate of drug-likeness (QED) is 0.500. The summed E-state index contributed by atoms with van der Waals surface area (Å²) in [4.78, 5) is 14.0. The summed E-state index contributed by atoms with van der Waals surface area (Å²) in [7, 11) is 3.21. The SMILES string of the molecule is COC1=N[C@H](C(C)C)C(OC)=N[C@H]1Cc1ccc(-c2c(Cl)cc(F)cc2Cl)c2nccn12. The molecule has 32 heavy (non-hydrogen) atoms. The van der Waals surface area contributed by atoms with Crippen LogP contribution >= 0.6 is 23.2 Å². The van der Waals surface area contributed by atoms with Crippen molar-refractivity contribution in [3.8, 4) is 11.1 Å². The number of benzene rings is 1. The van der Waals surface area contributed by atoms with Crippen molar-refractivity contribution in [2.75, 3.05) is 14.2 Å². The van der Waals surface area contributed by atoms with Crippen LogP contribution in [0.15, 0.2) is 46.6 Å². The summed E-state index contributed by atoms with van der Waals surface area (Å²) in [5.74, 6) is 0.889. The van der Waals surface area contributed by atoms with Crippen LogP contribution in [0.5, 0.6) is 0 Å². The number of rotatable bonds is 4. The zero-order valence-corrected chi connectivity index (χ0v) is 19.7. The van der Waals surface area contributed by atoms with Crippen LogP contribution in [0.3, 0.4) is 0 Å².